The van der Waals surface area contributed by atoms with E-state index in [4.69, 9.17) is 4.74 Å². The molecule has 0 bridgehead atoms. The van der Waals surface area contributed by atoms with Crippen molar-refractivity contribution in [2.45, 2.75) is 33.3 Å². The van der Waals surface area contributed by atoms with Crippen LogP contribution in [0.3, 0.4) is 0 Å². The molecule has 0 fully saturated rings. The quantitative estimate of drug-likeness (QED) is 0.682. The normalized spacial score (nSPS) is 10.6. The Bertz CT molecular complexity index is 315. The van der Waals surface area contributed by atoms with Crippen LogP contribution in [0.1, 0.15) is 27.2 Å². The van der Waals surface area contributed by atoms with Gasteiger partial charge < -0.3 is 15.4 Å². The first kappa shape index (κ1) is 13.8. The van der Waals surface area contributed by atoms with Gasteiger partial charge >= 0.3 is 0 Å². The molecular weight excluding hydrogens is 214 g/mol. The summed E-state index contributed by atoms with van der Waals surface area (Å²) in [4.78, 5) is 4.25. The molecule has 1 aromatic rings. The minimum atomic E-state index is 0.288. The predicted molar refractivity (Wildman–Crippen MR) is 72.6 cm³/mol. The second-order valence-electron chi connectivity index (χ2n) is 4.20. The van der Waals surface area contributed by atoms with Gasteiger partial charge in [0.1, 0.15) is 5.82 Å². The van der Waals surface area contributed by atoms with Crippen molar-refractivity contribution in [2.75, 3.05) is 30.3 Å². The van der Waals surface area contributed by atoms with Gasteiger partial charge in [0.05, 0.1) is 12.7 Å². The van der Waals surface area contributed by atoms with Crippen LogP contribution in [-0.2, 0) is 4.74 Å². The van der Waals surface area contributed by atoms with Crippen LogP contribution in [0, 0.1) is 0 Å². The second kappa shape index (κ2) is 7.90. The van der Waals surface area contributed by atoms with Crippen LogP contribution in [0.2, 0.25) is 0 Å². The van der Waals surface area contributed by atoms with E-state index < -0.39 is 0 Å². The third kappa shape index (κ3) is 6.12. The highest BCUT2D eigenvalue weighted by Gasteiger charge is 1.97. The number of anilines is 2. The van der Waals surface area contributed by atoms with E-state index in [2.05, 4.69) is 22.5 Å². The molecule has 0 aliphatic rings. The lowest BCUT2D eigenvalue weighted by atomic mass is 10.3. The van der Waals surface area contributed by atoms with Gasteiger partial charge in [-0.1, -0.05) is 6.92 Å². The SMILES string of the molecule is CCCNc1cc(NCCOC(C)C)ccn1. The molecule has 0 saturated heterocycles. The number of pyridine rings is 1. The van der Waals surface area contributed by atoms with Crippen molar-refractivity contribution in [3.05, 3.63) is 18.3 Å². The van der Waals surface area contributed by atoms with Crippen molar-refractivity contribution in [3.63, 3.8) is 0 Å². The molecule has 0 saturated carbocycles. The first-order chi connectivity index (χ1) is 8.22. The lowest BCUT2D eigenvalue weighted by Gasteiger charge is -2.10. The van der Waals surface area contributed by atoms with E-state index in [-0.39, 0.29) is 6.10 Å². The van der Waals surface area contributed by atoms with Gasteiger partial charge in [-0.15, -0.1) is 0 Å². The molecule has 0 unspecified atom stereocenters. The summed E-state index contributed by atoms with van der Waals surface area (Å²) in [6, 6.07) is 3.98. The third-order valence-electron chi connectivity index (χ3n) is 2.20. The average molecular weight is 237 g/mol. The Morgan fingerprint density at radius 3 is 2.82 bits per heavy atom. The highest BCUT2D eigenvalue weighted by atomic mass is 16.5. The first-order valence-corrected chi connectivity index (χ1v) is 6.27. The number of nitrogens with zero attached hydrogens (tertiary/aromatic N) is 1. The summed E-state index contributed by atoms with van der Waals surface area (Å²) in [5, 5.41) is 6.57. The molecule has 0 aliphatic carbocycles. The summed E-state index contributed by atoms with van der Waals surface area (Å²) in [5.41, 5.74) is 1.07. The van der Waals surface area contributed by atoms with Crippen molar-refractivity contribution in [2.24, 2.45) is 0 Å². The maximum Gasteiger partial charge on any atom is 0.127 e. The summed E-state index contributed by atoms with van der Waals surface area (Å²) in [5.74, 6) is 0.918. The van der Waals surface area contributed by atoms with E-state index in [9.17, 15) is 0 Å². The fraction of sp³-hybridized carbons (Fsp3) is 0.615. The summed E-state index contributed by atoms with van der Waals surface area (Å²) >= 11 is 0. The van der Waals surface area contributed by atoms with Gasteiger partial charge in [-0.05, 0) is 26.3 Å². The molecule has 96 valence electrons. The van der Waals surface area contributed by atoms with E-state index in [0.29, 0.717) is 0 Å². The Balaban J connectivity index is 2.32. The molecular formula is C13H23N3O. The Morgan fingerprint density at radius 2 is 2.12 bits per heavy atom. The molecule has 1 heterocycles. The number of rotatable bonds is 8. The highest BCUT2D eigenvalue weighted by molar-refractivity contribution is 5.51. The van der Waals surface area contributed by atoms with Gasteiger partial charge in [0.15, 0.2) is 0 Å². The molecule has 2 N–H and O–H groups in total. The minimum Gasteiger partial charge on any atom is -0.383 e. The zero-order chi connectivity index (χ0) is 12.5. The van der Waals surface area contributed by atoms with Crippen molar-refractivity contribution in [3.8, 4) is 0 Å². The highest BCUT2D eigenvalue weighted by Crippen LogP contribution is 2.11. The third-order valence-corrected chi connectivity index (χ3v) is 2.20. The molecule has 0 aliphatic heterocycles. The predicted octanol–water partition coefficient (Wildman–Crippen LogP) is 2.74. The van der Waals surface area contributed by atoms with E-state index in [1.54, 1.807) is 0 Å². The number of aromatic nitrogens is 1. The average Bonchev–Trinajstić information content (AvgIpc) is 2.32. The van der Waals surface area contributed by atoms with Gasteiger partial charge in [-0.25, -0.2) is 4.98 Å². The molecule has 17 heavy (non-hydrogen) atoms. The van der Waals surface area contributed by atoms with Crippen LogP contribution < -0.4 is 10.6 Å². The van der Waals surface area contributed by atoms with Crippen LogP contribution >= 0.6 is 0 Å². The minimum absolute atomic E-state index is 0.288. The summed E-state index contributed by atoms with van der Waals surface area (Å²) in [6.07, 6.45) is 3.20. The molecule has 0 radical (unpaired) electrons. The van der Waals surface area contributed by atoms with E-state index >= 15 is 0 Å². The van der Waals surface area contributed by atoms with Crippen LogP contribution in [-0.4, -0.2) is 30.8 Å². The van der Waals surface area contributed by atoms with Crippen molar-refractivity contribution >= 4 is 11.5 Å². The van der Waals surface area contributed by atoms with Crippen molar-refractivity contribution in [1.82, 2.24) is 4.98 Å². The van der Waals surface area contributed by atoms with Gasteiger partial charge in [0.25, 0.3) is 0 Å². The largest absolute Gasteiger partial charge is 0.383 e. The standard InChI is InChI=1S/C13H23N3O/c1-4-6-15-13-10-12(5-7-16-13)14-8-9-17-11(2)3/h5,7,10-11H,4,6,8-9H2,1-3H3,(H2,14,15,16). The van der Waals surface area contributed by atoms with Crippen LogP contribution in [0.25, 0.3) is 0 Å². The second-order valence-corrected chi connectivity index (χ2v) is 4.20. The maximum atomic E-state index is 5.46. The van der Waals surface area contributed by atoms with Crippen molar-refractivity contribution in [1.29, 1.82) is 0 Å². The summed E-state index contributed by atoms with van der Waals surface area (Å²) in [6.45, 7) is 8.71. The zero-order valence-electron chi connectivity index (χ0n) is 11.0. The smallest absolute Gasteiger partial charge is 0.127 e. The lowest BCUT2D eigenvalue weighted by Crippen LogP contribution is -2.13. The Kier molecular flexibility index (Phi) is 6.40. The summed E-state index contributed by atoms with van der Waals surface area (Å²) in [7, 11) is 0. The van der Waals surface area contributed by atoms with E-state index in [0.717, 1.165) is 37.6 Å². The summed E-state index contributed by atoms with van der Waals surface area (Å²) < 4.78 is 5.46. The fourth-order valence-electron chi connectivity index (χ4n) is 1.38. The molecule has 4 nitrogen and oxygen atoms in total. The Labute approximate surface area is 104 Å². The fourth-order valence-corrected chi connectivity index (χ4v) is 1.38. The number of hydrogen-bond donors (Lipinski definition) is 2. The van der Waals surface area contributed by atoms with Crippen LogP contribution in [0.4, 0.5) is 11.5 Å². The van der Waals surface area contributed by atoms with E-state index in [1.165, 1.54) is 0 Å². The lowest BCUT2D eigenvalue weighted by molar-refractivity contribution is 0.0870. The number of ether oxygens (including phenoxy) is 1. The molecule has 0 aromatic carbocycles. The van der Waals surface area contributed by atoms with Gasteiger partial charge in [-0.2, -0.15) is 0 Å². The van der Waals surface area contributed by atoms with Crippen LogP contribution in [0.5, 0.6) is 0 Å². The molecule has 0 atom stereocenters. The molecule has 4 heteroatoms. The van der Waals surface area contributed by atoms with E-state index in [1.807, 2.05) is 32.2 Å². The molecule has 1 aromatic heterocycles. The van der Waals surface area contributed by atoms with Crippen LogP contribution in [0.15, 0.2) is 18.3 Å². The van der Waals surface area contributed by atoms with Gasteiger partial charge in [0.2, 0.25) is 0 Å². The monoisotopic (exact) mass is 237 g/mol. The maximum absolute atomic E-state index is 5.46. The zero-order valence-corrected chi connectivity index (χ0v) is 11.0. The molecule has 0 spiro atoms. The number of nitrogens with one attached hydrogen (secondary N) is 2. The Hall–Kier alpha value is -1.29. The topological polar surface area (TPSA) is 46.2 Å². The molecule has 0 amide bonds. The number of hydrogen-bond acceptors (Lipinski definition) is 4. The Morgan fingerprint density at radius 1 is 1.29 bits per heavy atom. The molecule has 1 rings (SSSR count). The van der Waals surface area contributed by atoms with Gasteiger partial charge in [-0.3, -0.25) is 0 Å². The van der Waals surface area contributed by atoms with Crippen molar-refractivity contribution < 1.29 is 4.74 Å². The first-order valence-electron chi connectivity index (χ1n) is 6.27. The van der Waals surface area contributed by atoms with Gasteiger partial charge in [0, 0.05) is 31.0 Å².